The second-order valence-electron chi connectivity index (χ2n) is 5.62. The van der Waals surface area contributed by atoms with Gasteiger partial charge in [-0.25, -0.2) is 9.18 Å². The Morgan fingerprint density at radius 1 is 1.21 bits per heavy atom. The van der Waals surface area contributed by atoms with E-state index in [2.05, 4.69) is 0 Å². The highest BCUT2D eigenvalue weighted by atomic mass is 19.1. The average Bonchev–Trinajstić information content (AvgIpc) is 2.47. The number of rotatable bonds is 2. The SMILES string of the molecule is CC1(C)OB(c2cc(F)ccc2C(=O)O)OC1(C)C. The van der Waals surface area contributed by atoms with Gasteiger partial charge in [0.1, 0.15) is 5.82 Å². The molecule has 1 aliphatic rings. The Morgan fingerprint density at radius 2 is 1.74 bits per heavy atom. The highest BCUT2D eigenvalue weighted by molar-refractivity contribution is 6.63. The number of carboxylic acids is 1. The summed E-state index contributed by atoms with van der Waals surface area (Å²) < 4.78 is 24.8. The molecule has 1 N–H and O–H groups in total. The molecule has 0 aromatic heterocycles. The first-order chi connectivity index (χ1) is 8.64. The molecule has 1 saturated heterocycles. The molecule has 4 nitrogen and oxygen atoms in total. The normalized spacial score (nSPS) is 20.6. The topological polar surface area (TPSA) is 55.8 Å². The number of benzene rings is 1. The van der Waals surface area contributed by atoms with Crippen molar-refractivity contribution >= 4 is 18.6 Å². The lowest BCUT2D eigenvalue weighted by atomic mass is 9.76. The minimum Gasteiger partial charge on any atom is -0.478 e. The number of carboxylic acid groups (broad SMARTS) is 1. The van der Waals surface area contributed by atoms with Crippen LogP contribution in [0, 0.1) is 5.82 Å². The van der Waals surface area contributed by atoms with Crippen LogP contribution >= 0.6 is 0 Å². The van der Waals surface area contributed by atoms with Crippen LogP contribution in [0.15, 0.2) is 18.2 Å². The van der Waals surface area contributed by atoms with E-state index in [0.717, 1.165) is 12.1 Å². The van der Waals surface area contributed by atoms with Crippen LogP contribution in [-0.4, -0.2) is 29.4 Å². The fourth-order valence-electron chi connectivity index (χ4n) is 1.89. The van der Waals surface area contributed by atoms with Crippen LogP contribution in [-0.2, 0) is 9.31 Å². The van der Waals surface area contributed by atoms with Crippen molar-refractivity contribution in [2.45, 2.75) is 38.9 Å². The van der Waals surface area contributed by atoms with Crippen LogP contribution in [0.1, 0.15) is 38.1 Å². The molecule has 0 bridgehead atoms. The Balaban J connectivity index is 2.44. The predicted octanol–water partition coefficient (Wildman–Crippen LogP) is 1.82. The maximum Gasteiger partial charge on any atom is 0.495 e. The van der Waals surface area contributed by atoms with E-state index in [0.29, 0.717) is 0 Å². The summed E-state index contributed by atoms with van der Waals surface area (Å²) in [7, 11) is -0.883. The molecule has 102 valence electrons. The largest absolute Gasteiger partial charge is 0.495 e. The van der Waals surface area contributed by atoms with Crippen LogP contribution < -0.4 is 5.46 Å². The van der Waals surface area contributed by atoms with Gasteiger partial charge in [0.15, 0.2) is 0 Å². The molecule has 1 aromatic rings. The van der Waals surface area contributed by atoms with Crippen LogP contribution in [0.2, 0.25) is 0 Å². The highest BCUT2D eigenvalue weighted by Gasteiger charge is 2.52. The highest BCUT2D eigenvalue weighted by Crippen LogP contribution is 2.36. The van der Waals surface area contributed by atoms with E-state index in [9.17, 15) is 9.18 Å². The third-order valence-electron chi connectivity index (χ3n) is 3.75. The van der Waals surface area contributed by atoms with E-state index >= 15 is 0 Å². The molecule has 0 spiro atoms. The Kier molecular flexibility index (Phi) is 3.19. The molecule has 0 amide bonds. The Labute approximate surface area is 111 Å². The zero-order chi connectivity index (χ0) is 14.4. The molecule has 1 fully saturated rings. The molecule has 1 heterocycles. The first-order valence-corrected chi connectivity index (χ1v) is 6.02. The van der Waals surface area contributed by atoms with Gasteiger partial charge in [0, 0.05) is 0 Å². The Morgan fingerprint density at radius 3 is 2.21 bits per heavy atom. The standard InChI is InChI=1S/C13H16BFO4/c1-12(2)13(3,4)19-14(18-12)10-7-8(15)5-6-9(10)11(16)17/h5-7H,1-4H3,(H,16,17). The van der Waals surface area contributed by atoms with E-state index in [4.69, 9.17) is 14.4 Å². The lowest BCUT2D eigenvalue weighted by Crippen LogP contribution is -2.41. The van der Waals surface area contributed by atoms with Crippen molar-refractivity contribution in [3.63, 3.8) is 0 Å². The number of hydrogen-bond acceptors (Lipinski definition) is 3. The van der Waals surface area contributed by atoms with E-state index < -0.39 is 30.1 Å². The molecule has 0 unspecified atom stereocenters. The molecule has 0 aliphatic carbocycles. The van der Waals surface area contributed by atoms with Crippen LogP contribution in [0.3, 0.4) is 0 Å². The molecule has 2 rings (SSSR count). The van der Waals surface area contributed by atoms with Gasteiger partial charge in [0.05, 0.1) is 16.8 Å². The molecule has 0 radical (unpaired) electrons. The number of hydrogen-bond donors (Lipinski definition) is 1. The second-order valence-corrected chi connectivity index (χ2v) is 5.62. The van der Waals surface area contributed by atoms with Crippen molar-refractivity contribution in [2.75, 3.05) is 0 Å². The summed E-state index contributed by atoms with van der Waals surface area (Å²) in [5.74, 6) is -1.65. The van der Waals surface area contributed by atoms with Crippen LogP contribution in [0.5, 0.6) is 0 Å². The van der Waals surface area contributed by atoms with Gasteiger partial charge in [-0.15, -0.1) is 0 Å². The third kappa shape index (κ3) is 2.38. The summed E-state index contributed by atoms with van der Waals surface area (Å²) in [5, 5.41) is 9.14. The second kappa shape index (κ2) is 4.32. The summed E-state index contributed by atoms with van der Waals surface area (Å²) in [5.41, 5.74) is -1.01. The number of halogens is 1. The Hall–Kier alpha value is -1.40. The maximum atomic E-state index is 13.3. The summed E-state index contributed by atoms with van der Waals surface area (Å²) in [6.45, 7) is 7.42. The van der Waals surface area contributed by atoms with Gasteiger partial charge >= 0.3 is 13.1 Å². The smallest absolute Gasteiger partial charge is 0.478 e. The quantitative estimate of drug-likeness (QED) is 0.829. The lowest BCUT2D eigenvalue weighted by molar-refractivity contribution is 0.00578. The minimum absolute atomic E-state index is 0.0140. The van der Waals surface area contributed by atoms with Crippen molar-refractivity contribution in [2.24, 2.45) is 0 Å². The first-order valence-electron chi connectivity index (χ1n) is 6.02. The Bertz CT molecular complexity index is 511. The maximum absolute atomic E-state index is 13.3. The molecule has 6 heteroatoms. The van der Waals surface area contributed by atoms with E-state index in [1.165, 1.54) is 6.07 Å². The fourth-order valence-corrected chi connectivity index (χ4v) is 1.89. The molecular weight excluding hydrogens is 250 g/mol. The zero-order valence-corrected chi connectivity index (χ0v) is 11.4. The predicted molar refractivity (Wildman–Crippen MR) is 69.1 cm³/mol. The summed E-state index contributed by atoms with van der Waals surface area (Å²) in [6.07, 6.45) is 0. The summed E-state index contributed by atoms with van der Waals surface area (Å²) in [4.78, 5) is 11.2. The molecule has 19 heavy (non-hydrogen) atoms. The van der Waals surface area contributed by atoms with E-state index in [1.807, 2.05) is 27.7 Å². The number of carbonyl (C=O) groups is 1. The fraction of sp³-hybridized carbons (Fsp3) is 0.462. The average molecular weight is 266 g/mol. The third-order valence-corrected chi connectivity index (χ3v) is 3.75. The molecule has 1 aliphatic heterocycles. The molecule has 1 aromatic carbocycles. The van der Waals surface area contributed by atoms with E-state index in [-0.39, 0.29) is 11.0 Å². The zero-order valence-electron chi connectivity index (χ0n) is 11.4. The van der Waals surface area contributed by atoms with Crippen LogP contribution in [0.25, 0.3) is 0 Å². The monoisotopic (exact) mass is 266 g/mol. The van der Waals surface area contributed by atoms with Gasteiger partial charge in [-0.2, -0.15) is 0 Å². The molecule has 0 atom stereocenters. The van der Waals surface area contributed by atoms with E-state index in [1.54, 1.807) is 0 Å². The van der Waals surface area contributed by atoms with Crippen molar-refractivity contribution < 1.29 is 23.6 Å². The molecule has 0 saturated carbocycles. The van der Waals surface area contributed by atoms with Gasteiger partial charge in [0.2, 0.25) is 0 Å². The lowest BCUT2D eigenvalue weighted by Gasteiger charge is -2.32. The first kappa shape index (κ1) is 14.0. The van der Waals surface area contributed by atoms with Gasteiger partial charge in [0.25, 0.3) is 0 Å². The van der Waals surface area contributed by atoms with Crippen molar-refractivity contribution in [3.8, 4) is 0 Å². The van der Waals surface area contributed by atoms with Crippen molar-refractivity contribution in [1.29, 1.82) is 0 Å². The van der Waals surface area contributed by atoms with Gasteiger partial charge in [-0.1, -0.05) is 0 Å². The van der Waals surface area contributed by atoms with Gasteiger partial charge < -0.3 is 14.4 Å². The van der Waals surface area contributed by atoms with Crippen LogP contribution in [0.4, 0.5) is 4.39 Å². The van der Waals surface area contributed by atoms with Crippen molar-refractivity contribution in [1.82, 2.24) is 0 Å². The summed E-state index contributed by atoms with van der Waals surface area (Å²) in [6, 6.07) is 3.47. The number of aromatic carboxylic acids is 1. The summed E-state index contributed by atoms with van der Waals surface area (Å²) >= 11 is 0. The van der Waals surface area contributed by atoms with Gasteiger partial charge in [-0.3, -0.25) is 0 Å². The van der Waals surface area contributed by atoms with Crippen molar-refractivity contribution in [3.05, 3.63) is 29.6 Å². The minimum atomic E-state index is -1.13. The van der Waals surface area contributed by atoms with Gasteiger partial charge in [-0.05, 0) is 51.4 Å². The molecular formula is C13H16BFO4.